The van der Waals surface area contributed by atoms with Crippen molar-refractivity contribution in [2.75, 3.05) is 56.5 Å². The predicted octanol–water partition coefficient (Wildman–Crippen LogP) is 1.64. The molecule has 6 heteroatoms. The molecule has 1 unspecified atom stereocenters. The van der Waals surface area contributed by atoms with Gasteiger partial charge >= 0.3 is 0 Å². The number of benzene rings is 1. The molecule has 2 aliphatic heterocycles. The zero-order chi connectivity index (χ0) is 17.8. The normalized spacial score (nSPS) is 21.9. The lowest BCUT2D eigenvalue weighted by molar-refractivity contribution is -0.132. The number of hydrogen-bond acceptors (Lipinski definition) is 4. The summed E-state index contributed by atoms with van der Waals surface area (Å²) in [5.41, 5.74) is 2.02. The molecule has 136 valence electrons. The second-order valence-electron chi connectivity index (χ2n) is 7.13. The number of nitrogens with zero attached hydrogens (tertiary/aromatic N) is 3. The Labute approximate surface area is 149 Å². The van der Waals surface area contributed by atoms with Crippen LogP contribution in [0.2, 0.25) is 0 Å². The van der Waals surface area contributed by atoms with Gasteiger partial charge in [0.2, 0.25) is 11.8 Å². The largest absolute Gasteiger partial charge is 0.369 e. The Morgan fingerprint density at radius 2 is 1.72 bits per heavy atom. The highest BCUT2D eigenvalue weighted by Crippen LogP contribution is 2.22. The van der Waals surface area contributed by atoms with E-state index in [1.54, 1.807) is 11.8 Å². The van der Waals surface area contributed by atoms with E-state index in [2.05, 4.69) is 34.3 Å². The number of carbonyl (C=O) groups excluding carboxylic acids is 2. The molecule has 25 heavy (non-hydrogen) atoms. The zero-order valence-corrected chi connectivity index (χ0v) is 15.2. The van der Waals surface area contributed by atoms with E-state index in [-0.39, 0.29) is 17.7 Å². The fourth-order valence-electron chi connectivity index (χ4n) is 3.54. The number of piperidine rings is 1. The minimum absolute atomic E-state index is 0.0123. The lowest BCUT2D eigenvalue weighted by Crippen LogP contribution is -2.44. The molecule has 2 aliphatic rings. The average molecular weight is 344 g/mol. The maximum atomic E-state index is 12.5. The molecular weight excluding hydrogens is 316 g/mol. The number of carbonyl (C=O) groups is 2. The van der Waals surface area contributed by atoms with Crippen molar-refractivity contribution in [3.8, 4) is 0 Å². The highest BCUT2D eigenvalue weighted by molar-refractivity contribution is 5.93. The van der Waals surface area contributed by atoms with Crippen LogP contribution in [0.15, 0.2) is 24.3 Å². The van der Waals surface area contributed by atoms with Crippen molar-refractivity contribution >= 4 is 23.2 Å². The van der Waals surface area contributed by atoms with E-state index < -0.39 is 0 Å². The summed E-state index contributed by atoms with van der Waals surface area (Å²) in [7, 11) is 2.15. The van der Waals surface area contributed by atoms with E-state index in [9.17, 15) is 9.59 Å². The van der Waals surface area contributed by atoms with Gasteiger partial charge in [-0.05, 0) is 44.2 Å². The predicted molar refractivity (Wildman–Crippen MR) is 99.8 cm³/mol. The Bertz CT molecular complexity index is 608. The molecule has 1 aromatic rings. The Hall–Kier alpha value is -2.08. The third kappa shape index (κ3) is 4.51. The minimum atomic E-state index is -0.116. The molecule has 0 aromatic heterocycles. The van der Waals surface area contributed by atoms with Crippen molar-refractivity contribution < 1.29 is 9.59 Å². The number of amides is 2. The molecule has 2 amide bonds. The molecule has 0 spiro atoms. The maximum Gasteiger partial charge on any atom is 0.229 e. The lowest BCUT2D eigenvalue weighted by atomic mass is 9.97. The van der Waals surface area contributed by atoms with Gasteiger partial charge in [0.1, 0.15) is 0 Å². The van der Waals surface area contributed by atoms with Crippen molar-refractivity contribution in [1.82, 2.24) is 9.80 Å². The number of likely N-dealkylation sites (N-methyl/N-ethyl adjacent to an activating group) is 1. The highest BCUT2D eigenvalue weighted by atomic mass is 16.2. The monoisotopic (exact) mass is 344 g/mol. The van der Waals surface area contributed by atoms with Crippen LogP contribution in [0.3, 0.4) is 0 Å². The molecule has 1 aromatic carbocycles. The summed E-state index contributed by atoms with van der Waals surface area (Å²) < 4.78 is 0. The molecule has 0 aliphatic carbocycles. The fourth-order valence-corrected chi connectivity index (χ4v) is 3.54. The minimum Gasteiger partial charge on any atom is -0.369 e. The van der Waals surface area contributed by atoms with Crippen LogP contribution in [0.1, 0.15) is 19.8 Å². The molecule has 3 rings (SSSR count). The van der Waals surface area contributed by atoms with Gasteiger partial charge in [-0.3, -0.25) is 9.59 Å². The number of anilines is 2. The Morgan fingerprint density at radius 1 is 1.04 bits per heavy atom. The van der Waals surface area contributed by atoms with Crippen LogP contribution in [0.4, 0.5) is 11.4 Å². The summed E-state index contributed by atoms with van der Waals surface area (Å²) in [6.07, 6.45) is 1.73. The second kappa shape index (κ2) is 7.87. The van der Waals surface area contributed by atoms with Crippen LogP contribution in [0.5, 0.6) is 0 Å². The van der Waals surface area contributed by atoms with Gasteiger partial charge in [0, 0.05) is 57.6 Å². The number of nitrogens with one attached hydrogen (secondary N) is 1. The van der Waals surface area contributed by atoms with Gasteiger partial charge in [0.15, 0.2) is 0 Å². The van der Waals surface area contributed by atoms with E-state index in [1.165, 1.54) is 5.69 Å². The standard InChI is InChI=1S/C19H28N4O2/c1-15(24)23-9-3-4-16(14-23)19(25)20-17-5-7-18(8-6-17)22-12-10-21(2)11-13-22/h5-8,16H,3-4,9-14H2,1-2H3,(H,20,25). The quantitative estimate of drug-likeness (QED) is 0.906. The van der Waals surface area contributed by atoms with Crippen molar-refractivity contribution in [3.05, 3.63) is 24.3 Å². The molecule has 6 nitrogen and oxygen atoms in total. The highest BCUT2D eigenvalue weighted by Gasteiger charge is 2.27. The van der Waals surface area contributed by atoms with Crippen molar-refractivity contribution in [1.29, 1.82) is 0 Å². The summed E-state index contributed by atoms with van der Waals surface area (Å²) in [4.78, 5) is 30.5. The molecular formula is C19H28N4O2. The fraction of sp³-hybridized carbons (Fsp3) is 0.579. The molecule has 2 saturated heterocycles. The van der Waals surface area contributed by atoms with Gasteiger partial charge in [0.25, 0.3) is 0 Å². The van der Waals surface area contributed by atoms with Crippen LogP contribution in [-0.2, 0) is 9.59 Å². The number of hydrogen-bond donors (Lipinski definition) is 1. The zero-order valence-electron chi connectivity index (χ0n) is 15.2. The summed E-state index contributed by atoms with van der Waals surface area (Å²) in [5.74, 6) is -0.0534. The summed E-state index contributed by atoms with van der Waals surface area (Å²) in [6, 6.07) is 8.08. The van der Waals surface area contributed by atoms with Crippen molar-refractivity contribution in [3.63, 3.8) is 0 Å². The van der Waals surface area contributed by atoms with E-state index >= 15 is 0 Å². The van der Waals surface area contributed by atoms with Crippen LogP contribution < -0.4 is 10.2 Å². The van der Waals surface area contributed by atoms with Crippen LogP contribution >= 0.6 is 0 Å². The van der Waals surface area contributed by atoms with Gasteiger partial charge < -0.3 is 20.0 Å². The van der Waals surface area contributed by atoms with Gasteiger partial charge in [0.05, 0.1) is 5.92 Å². The van der Waals surface area contributed by atoms with Crippen molar-refractivity contribution in [2.24, 2.45) is 5.92 Å². The third-order valence-corrected chi connectivity index (χ3v) is 5.24. The second-order valence-corrected chi connectivity index (χ2v) is 7.13. The maximum absolute atomic E-state index is 12.5. The number of piperazine rings is 1. The molecule has 2 fully saturated rings. The van der Waals surface area contributed by atoms with E-state index in [0.717, 1.165) is 51.3 Å². The topological polar surface area (TPSA) is 55.9 Å². The number of likely N-dealkylation sites (tertiary alicyclic amines) is 1. The van der Waals surface area contributed by atoms with Gasteiger partial charge in [-0.25, -0.2) is 0 Å². The smallest absolute Gasteiger partial charge is 0.229 e. The Kier molecular flexibility index (Phi) is 5.58. The number of rotatable bonds is 3. The molecule has 1 N–H and O–H groups in total. The average Bonchev–Trinajstić information content (AvgIpc) is 2.63. The van der Waals surface area contributed by atoms with E-state index in [0.29, 0.717) is 6.54 Å². The van der Waals surface area contributed by atoms with Crippen LogP contribution in [-0.4, -0.2) is 67.9 Å². The first kappa shape index (κ1) is 17.7. The molecule has 0 radical (unpaired) electrons. The van der Waals surface area contributed by atoms with E-state index in [4.69, 9.17) is 0 Å². The molecule has 0 bridgehead atoms. The lowest BCUT2D eigenvalue weighted by Gasteiger charge is -2.34. The molecule has 0 saturated carbocycles. The third-order valence-electron chi connectivity index (χ3n) is 5.24. The Balaban J connectivity index is 1.56. The summed E-state index contributed by atoms with van der Waals surface area (Å²) >= 11 is 0. The van der Waals surface area contributed by atoms with Crippen LogP contribution in [0.25, 0.3) is 0 Å². The van der Waals surface area contributed by atoms with Crippen molar-refractivity contribution in [2.45, 2.75) is 19.8 Å². The SMILES string of the molecule is CC(=O)N1CCCC(C(=O)Nc2ccc(N3CCN(C)CC3)cc2)C1. The Morgan fingerprint density at radius 3 is 2.36 bits per heavy atom. The summed E-state index contributed by atoms with van der Waals surface area (Å²) in [5, 5.41) is 3.00. The first-order valence-electron chi connectivity index (χ1n) is 9.13. The molecule has 1 atom stereocenters. The van der Waals surface area contributed by atoms with Crippen LogP contribution in [0, 0.1) is 5.92 Å². The molecule has 2 heterocycles. The van der Waals surface area contributed by atoms with Gasteiger partial charge in [-0.15, -0.1) is 0 Å². The first-order valence-corrected chi connectivity index (χ1v) is 9.13. The first-order chi connectivity index (χ1) is 12.0. The van der Waals surface area contributed by atoms with Gasteiger partial charge in [-0.1, -0.05) is 0 Å². The summed E-state index contributed by atoms with van der Waals surface area (Å²) in [6.45, 7) is 7.08. The van der Waals surface area contributed by atoms with Gasteiger partial charge in [-0.2, -0.15) is 0 Å². The van der Waals surface area contributed by atoms with E-state index in [1.807, 2.05) is 12.1 Å².